The topological polar surface area (TPSA) is 34.1 Å². The third-order valence-corrected chi connectivity index (χ3v) is 14.2. The zero-order chi connectivity index (χ0) is 38.1. The lowest BCUT2D eigenvalue weighted by Crippen LogP contribution is -2.00. The molecule has 2 aliphatic rings. The number of allylic oxidation sites excluding steroid dienone is 2. The minimum atomic E-state index is 0.541. The standard InChI is InChI=1S/C50H70O2S2/c1-5-9-13-17-19-23-27-37(25-21-15-11-7-3)29-41-43-33-48-44(34-47(43)49-45(41)31-39(35-51)53-49)42(46-32-40(36-52)54-50(46)48)30-38(26-22-16-12-8-4)28-24-20-18-14-10-6-2/h29-38H,5-28H2,1-4H3. The summed E-state index contributed by atoms with van der Waals surface area (Å²) >= 11 is 3.33. The molecular formula is C50H70O2S2. The van der Waals surface area contributed by atoms with Gasteiger partial charge in [-0.05, 0) is 84.1 Å². The van der Waals surface area contributed by atoms with Gasteiger partial charge in [-0.3, -0.25) is 9.59 Å². The van der Waals surface area contributed by atoms with Crippen molar-refractivity contribution in [3.05, 3.63) is 68.4 Å². The van der Waals surface area contributed by atoms with Gasteiger partial charge in [0.15, 0.2) is 12.6 Å². The van der Waals surface area contributed by atoms with Crippen LogP contribution in [0.15, 0.2) is 36.4 Å². The van der Waals surface area contributed by atoms with Crippen LogP contribution in [0.4, 0.5) is 0 Å². The second kappa shape index (κ2) is 22.9. The van der Waals surface area contributed by atoms with Crippen molar-refractivity contribution in [2.24, 2.45) is 11.8 Å². The average Bonchev–Trinajstić information content (AvgIpc) is 3.94. The number of fused-ring (bicyclic) bond motifs is 6. The fraction of sp³-hybridized carbons (Fsp3) is 0.600. The van der Waals surface area contributed by atoms with E-state index in [1.165, 1.54) is 208 Å². The number of rotatable bonds is 28. The zero-order valence-electron chi connectivity index (χ0n) is 34.4. The van der Waals surface area contributed by atoms with Crippen LogP contribution < -0.4 is 0 Å². The fourth-order valence-corrected chi connectivity index (χ4v) is 11.0. The summed E-state index contributed by atoms with van der Waals surface area (Å²) in [7, 11) is 0. The molecule has 0 fully saturated rings. The summed E-state index contributed by atoms with van der Waals surface area (Å²) in [5.41, 5.74) is 10.4. The molecule has 0 spiro atoms. The Morgan fingerprint density at radius 3 is 1.06 bits per heavy atom. The van der Waals surface area contributed by atoms with Crippen molar-refractivity contribution in [1.29, 1.82) is 0 Å². The van der Waals surface area contributed by atoms with E-state index in [0.29, 0.717) is 11.8 Å². The van der Waals surface area contributed by atoms with Crippen LogP contribution in [-0.4, -0.2) is 12.6 Å². The lowest BCUT2D eigenvalue weighted by atomic mass is 9.88. The van der Waals surface area contributed by atoms with Crippen molar-refractivity contribution in [2.45, 2.75) is 182 Å². The fourth-order valence-electron chi connectivity index (χ4n) is 8.94. The molecule has 2 atom stereocenters. The summed E-state index contributed by atoms with van der Waals surface area (Å²) in [6.07, 6.45) is 38.5. The third-order valence-electron chi connectivity index (χ3n) is 12.1. The van der Waals surface area contributed by atoms with Gasteiger partial charge in [-0.1, -0.05) is 168 Å². The molecule has 0 N–H and O–H groups in total. The second-order valence-corrected chi connectivity index (χ2v) is 18.6. The predicted molar refractivity (Wildman–Crippen MR) is 238 cm³/mol. The van der Waals surface area contributed by atoms with E-state index in [1.54, 1.807) is 22.7 Å². The Hall–Kier alpha value is -2.56. The highest BCUT2D eigenvalue weighted by atomic mass is 32.1. The molecule has 4 heteroatoms. The molecule has 5 rings (SSSR count). The molecule has 0 aliphatic heterocycles. The number of carbonyl (C=O) groups is 2. The van der Waals surface area contributed by atoms with Gasteiger partial charge in [0.1, 0.15) is 0 Å². The molecule has 294 valence electrons. The number of benzene rings is 1. The van der Waals surface area contributed by atoms with Gasteiger partial charge in [0, 0.05) is 32.0 Å². The van der Waals surface area contributed by atoms with Crippen LogP contribution in [0.3, 0.4) is 0 Å². The monoisotopic (exact) mass is 766 g/mol. The Balaban J connectivity index is 1.52. The summed E-state index contributed by atoms with van der Waals surface area (Å²) in [5.74, 6) is 1.08. The van der Waals surface area contributed by atoms with Crippen molar-refractivity contribution in [2.75, 3.05) is 0 Å². The van der Waals surface area contributed by atoms with Gasteiger partial charge >= 0.3 is 0 Å². The molecule has 2 heterocycles. The maximum Gasteiger partial charge on any atom is 0.160 e. The first-order chi connectivity index (χ1) is 26.6. The number of aldehydes is 2. The van der Waals surface area contributed by atoms with E-state index in [9.17, 15) is 9.59 Å². The van der Waals surface area contributed by atoms with Crippen molar-refractivity contribution < 1.29 is 9.59 Å². The van der Waals surface area contributed by atoms with Gasteiger partial charge in [-0.25, -0.2) is 0 Å². The van der Waals surface area contributed by atoms with E-state index in [4.69, 9.17) is 0 Å². The second-order valence-electron chi connectivity index (χ2n) is 16.5. The quantitative estimate of drug-likeness (QED) is 0.0375. The molecule has 2 aliphatic carbocycles. The molecule has 0 bridgehead atoms. The van der Waals surface area contributed by atoms with E-state index in [2.05, 4.69) is 64.1 Å². The minimum absolute atomic E-state index is 0.541. The van der Waals surface area contributed by atoms with Crippen LogP contribution in [0.1, 0.15) is 223 Å². The first kappa shape index (κ1) is 42.6. The van der Waals surface area contributed by atoms with Gasteiger partial charge in [0.25, 0.3) is 0 Å². The number of unbranched alkanes of at least 4 members (excludes halogenated alkanes) is 16. The zero-order valence-corrected chi connectivity index (χ0v) is 36.0. The van der Waals surface area contributed by atoms with Gasteiger partial charge < -0.3 is 0 Å². The average molecular weight is 767 g/mol. The highest BCUT2D eigenvalue weighted by Gasteiger charge is 2.34. The van der Waals surface area contributed by atoms with Gasteiger partial charge in [0.05, 0.1) is 9.75 Å². The highest BCUT2D eigenvalue weighted by Crippen LogP contribution is 2.56. The Kier molecular flexibility index (Phi) is 18.0. The molecule has 1 aromatic carbocycles. The molecule has 2 unspecified atom stereocenters. The number of hydrogen-bond acceptors (Lipinski definition) is 4. The summed E-state index contributed by atoms with van der Waals surface area (Å²) in [6.45, 7) is 9.19. The van der Waals surface area contributed by atoms with Crippen LogP contribution in [0.25, 0.3) is 32.0 Å². The summed E-state index contributed by atoms with van der Waals surface area (Å²) in [6, 6.07) is 9.26. The molecule has 2 aromatic heterocycles. The molecule has 0 radical (unpaired) electrons. The van der Waals surface area contributed by atoms with E-state index in [1.807, 2.05) is 0 Å². The maximum absolute atomic E-state index is 12.2. The van der Waals surface area contributed by atoms with Crippen LogP contribution in [0.2, 0.25) is 0 Å². The van der Waals surface area contributed by atoms with Crippen LogP contribution in [-0.2, 0) is 0 Å². The number of hydrogen-bond donors (Lipinski definition) is 0. The first-order valence-electron chi connectivity index (χ1n) is 22.4. The Morgan fingerprint density at radius 2 is 0.722 bits per heavy atom. The van der Waals surface area contributed by atoms with Crippen LogP contribution in [0, 0.1) is 11.8 Å². The summed E-state index contributed by atoms with van der Waals surface area (Å²) in [5, 5.41) is 0. The third kappa shape index (κ3) is 11.3. The molecule has 0 saturated heterocycles. The first-order valence-corrected chi connectivity index (χ1v) is 24.0. The largest absolute Gasteiger partial charge is 0.297 e. The van der Waals surface area contributed by atoms with Crippen molar-refractivity contribution >= 4 is 46.4 Å². The van der Waals surface area contributed by atoms with Gasteiger partial charge in [-0.2, -0.15) is 0 Å². The normalized spacial score (nSPS) is 15.4. The Morgan fingerprint density at radius 1 is 0.407 bits per heavy atom. The lowest BCUT2D eigenvalue weighted by Gasteiger charge is -2.16. The van der Waals surface area contributed by atoms with Gasteiger partial charge in [0.2, 0.25) is 0 Å². The number of thiophene rings is 2. The summed E-state index contributed by atoms with van der Waals surface area (Å²) < 4.78 is 0. The number of carbonyl (C=O) groups excluding carboxylic acids is 2. The minimum Gasteiger partial charge on any atom is -0.297 e. The molecule has 2 nitrogen and oxygen atoms in total. The van der Waals surface area contributed by atoms with Crippen LogP contribution in [0.5, 0.6) is 0 Å². The van der Waals surface area contributed by atoms with Gasteiger partial charge in [-0.15, -0.1) is 22.7 Å². The van der Waals surface area contributed by atoms with Crippen molar-refractivity contribution in [3.8, 4) is 20.9 Å². The smallest absolute Gasteiger partial charge is 0.160 e. The molecule has 3 aromatic rings. The molecule has 0 amide bonds. The summed E-state index contributed by atoms with van der Waals surface area (Å²) in [4.78, 5) is 28.5. The van der Waals surface area contributed by atoms with E-state index >= 15 is 0 Å². The maximum atomic E-state index is 12.2. The van der Waals surface area contributed by atoms with E-state index in [-0.39, 0.29) is 0 Å². The van der Waals surface area contributed by atoms with Crippen molar-refractivity contribution in [3.63, 3.8) is 0 Å². The highest BCUT2D eigenvalue weighted by molar-refractivity contribution is 7.18. The van der Waals surface area contributed by atoms with Crippen LogP contribution >= 0.6 is 22.7 Å². The Labute approximate surface area is 337 Å². The van der Waals surface area contributed by atoms with E-state index in [0.717, 1.165) is 22.3 Å². The van der Waals surface area contributed by atoms with Crippen molar-refractivity contribution in [1.82, 2.24) is 0 Å². The SMILES string of the molecule is CCCCCCCCC(C=C1c2cc3c(cc2-c2sc(C=O)cc21)C(=CC(CCCCCC)CCCCCCCC)c1cc(C=O)sc1-3)CCCCCC. The van der Waals surface area contributed by atoms with E-state index < -0.39 is 0 Å². The lowest BCUT2D eigenvalue weighted by molar-refractivity contribution is 0.111. The molecule has 0 saturated carbocycles. The molecular weight excluding hydrogens is 697 g/mol. The molecule has 54 heavy (non-hydrogen) atoms. The predicted octanol–water partition coefficient (Wildman–Crippen LogP) is 16.9. The Bertz CT molecular complexity index is 1560.